The fourth-order valence-corrected chi connectivity index (χ4v) is 3.41. The number of carboxylic acids is 1. The van der Waals surface area contributed by atoms with Gasteiger partial charge in [0.25, 0.3) is 5.91 Å². The molecule has 6 nitrogen and oxygen atoms in total. The molecule has 0 unspecified atom stereocenters. The van der Waals surface area contributed by atoms with Gasteiger partial charge >= 0.3 is 5.97 Å². The number of amides is 1. The van der Waals surface area contributed by atoms with Crippen molar-refractivity contribution in [2.24, 2.45) is 7.05 Å². The Hall–Kier alpha value is -2.45. The first-order valence-electron chi connectivity index (χ1n) is 6.55. The van der Waals surface area contributed by atoms with Gasteiger partial charge in [0.05, 0.1) is 22.4 Å². The van der Waals surface area contributed by atoms with E-state index in [0.717, 1.165) is 5.56 Å². The van der Waals surface area contributed by atoms with Gasteiger partial charge in [-0.3, -0.25) is 14.4 Å². The van der Waals surface area contributed by atoms with Crippen molar-refractivity contribution in [1.82, 2.24) is 9.78 Å². The number of benzene rings is 1. The molecule has 116 valence electrons. The summed E-state index contributed by atoms with van der Waals surface area (Å²) in [7, 11) is 1.80. The van der Waals surface area contributed by atoms with Crippen molar-refractivity contribution < 1.29 is 14.7 Å². The number of thiocarbonyl (C=S) groups is 1. The summed E-state index contributed by atoms with van der Waals surface area (Å²) in [5.74, 6) is -1.25. The topological polar surface area (TPSA) is 75.4 Å². The maximum absolute atomic E-state index is 12.6. The Morgan fingerprint density at radius 1 is 1.35 bits per heavy atom. The average Bonchev–Trinajstić information content (AvgIpc) is 3.03. The molecule has 2 heterocycles. The van der Waals surface area contributed by atoms with Crippen molar-refractivity contribution in [2.45, 2.75) is 0 Å². The molecule has 2 aromatic rings. The van der Waals surface area contributed by atoms with Crippen molar-refractivity contribution in [3.8, 4) is 0 Å². The van der Waals surface area contributed by atoms with Crippen molar-refractivity contribution in [3.05, 3.63) is 52.7 Å². The maximum atomic E-state index is 12.6. The molecule has 1 aliphatic heterocycles. The van der Waals surface area contributed by atoms with E-state index in [1.54, 1.807) is 42.3 Å². The Morgan fingerprint density at radius 2 is 2.04 bits per heavy atom. The summed E-state index contributed by atoms with van der Waals surface area (Å²) in [6.45, 7) is 0. The Kier molecular flexibility index (Phi) is 4.01. The van der Waals surface area contributed by atoms with Crippen LogP contribution >= 0.6 is 24.0 Å². The lowest BCUT2D eigenvalue weighted by atomic mass is 10.2. The van der Waals surface area contributed by atoms with Gasteiger partial charge in [-0.05, 0) is 30.3 Å². The van der Waals surface area contributed by atoms with Crippen LogP contribution in [-0.4, -0.2) is 31.1 Å². The van der Waals surface area contributed by atoms with E-state index in [0.29, 0.717) is 14.9 Å². The van der Waals surface area contributed by atoms with Crippen LogP contribution in [-0.2, 0) is 11.8 Å². The second-order valence-corrected chi connectivity index (χ2v) is 6.49. The van der Waals surface area contributed by atoms with Crippen molar-refractivity contribution in [1.29, 1.82) is 0 Å². The molecule has 1 N–H and O–H groups in total. The molecule has 1 aromatic heterocycles. The molecule has 23 heavy (non-hydrogen) atoms. The summed E-state index contributed by atoms with van der Waals surface area (Å²) in [5.41, 5.74) is 1.52. The predicted octanol–water partition coefficient (Wildman–Crippen LogP) is 2.52. The number of hydrogen-bond donors (Lipinski definition) is 1. The number of nitrogens with zero attached hydrogens (tertiary/aromatic N) is 3. The molecule has 1 amide bonds. The number of carbonyl (C=O) groups excluding carboxylic acids is 1. The molecule has 0 atom stereocenters. The van der Waals surface area contributed by atoms with Crippen LogP contribution in [0.15, 0.2) is 41.6 Å². The summed E-state index contributed by atoms with van der Waals surface area (Å²) in [4.78, 5) is 25.3. The van der Waals surface area contributed by atoms with Crippen LogP contribution in [0.1, 0.15) is 15.9 Å². The Morgan fingerprint density at radius 3 is 2.61 bits per heavy atom. The van der Waals surface area contributed by atoms with Gasteiger partial charge in [-0.2, -0.15) is 5.10 Å². The SMILES string of the molecule is Cn1cc(C=C2SC(=S)N(c3ccc(C(=O)O)cc3)C2=O)cn1. The van der Waals surface area contributed by atoms with E-state index in [1.807, 2.05) is 0 Å². The molecule has 0 bridgehead atoms. The van der Waals surface area contributed by atoms with Gasteiger partial charge in [-0.15, -0.1) is 0 Å². The number of aryl methyl sites for hydroxylation is 1. The lowest BCUT2D eigenvalue weighted by Gasteiger charge is -2.14. The molecule has 8 heteroatoms. The molecule has 3 rings (SSSR count). The smallest absolute Gasteiger partial charge is 0.335 e. The van der Waals surface area contributed by atoms with Gasteiger partial charge in [-0.1, -0.05) is 24.0 Å². The minimum absolute atomic E-state index is 0.157. The highest BCUT2D eigenvalue weighted by Gasteiger charge is 2.33. The molecule has 1 fully saturated rings. The van der Waals surface area contributed by atoms with E-state index in [9.17, 15) is 9.59 Å². The second-order valence-electron chi connectivity index (χ2n) is 4.82. The molecule has 0 saturated carbocycles. The number of thioether (sulfide) groups is 1. The Balaban J connectivity index is 1.89. The molecular formula is C15H11N3O3S2. The van der Waals surface area contributed by atoms with Crippen LogP contribution in [0.3, 0.4) is 0 Å². The first-order valence-corrected chi connectivity index (χ1v) is 7.78. The summed E-state index contributed by atoms with van der Waals surface area (Å²) in [6.07, 6.45) is 5.19. The molecule has 0 spiro atoms. The summed E-state index contributed by atoms with van der Waals surface area (Å²) in [5, 5.41) is 13.0. The predicted molar refractivity (Wildman–Crippen MR) is 92.3 cm³/mol. The zero-order valence-corrected chi connectivity index (χ0v) is 13.6. The number of anilines is 1. The minimum atomic E-state index is -1.02. The standard InChI is InChI=1S/C15H11N3O3S2/c1-17-8-9(7-16-17)6-12-13(19)18(15(22)23-12)11-4-2-10(3-5-11)14(20)21/h2-8H,1H3,(H,20,21). The largest absolute Gasteiger partial charge is 0.478 e. The van der Waals surface area contributed by atoms with Gasteiger partial charge in [0.2, 0.25) is 0 Å². The van der Waals surface area contributed by atoms with Crippen molar-refractivity contribution >= 4 is 51.9 Å². The van der Waals surface area contributed by atoms with Gasteiger partial charge in [-0.25, -0.2) is 4.79 Å². The number of carbonyl (C=O) groups is 2. The molecule has 0 radical (unpaired) electrons. The normalized spacial score (nSPS) is 16.4. The van der Waals surface area contributed by atoms with E-state index < -0.39 is 5.97 Å². The number of carboxylic acid groups (broad SMARTS) is 1. The third kappa shape index (κ3) is 3.03. The molecule has 1 aromatic carbocycles. The summed E-state index contributed by atoms with van der Waals surface area (Å²) in [6, 6.07) is 6.03. The fourth-order valence-electron chi connectivity index (χ4n) is 2.11. The van der Waals surface area contributed by atoms with Crippen molar-refractivity contribution in [3.63, 3.8) is 0 Å². The zero-order valence-electron chi connectivity index (χ0n) is 12.0. The van der Waals surface area contributed by atoms with Gasteiger partial charge in [0.15, 0.2) is 4.32 Å². The molecule has 1 aliphatic rings. The Labute approximate surface area is 141 Å². The molecular weight excluding hydrogens is 334 g/mol. The van der Waals surface area contributed by atoms with Gasteiger partial charge < -0.3 is 5.11 Å². The molecule has 0 aliphatic carbocycles. The monoisotopic (exact) mass is 345 g/mol. The first-order chi connectivity index (χ1) is 11.0. The summed E-state index contributed by atoms with van der Waals surface area (Å²) >= 11 is 6.48. The number of rotatable bonds is 3. The first kappa shape index (κ1) is 15.4. The van der Waals surface area contributed by atoms with E-state index >= 15 is 0 Å². The van der Waals surface area contributed by atoms with E-state index in [2.05, 4.69) is 5.10 Å². The Bertz CT molecular complexity index is 840. The highest BCUT2D eigenvalue weighted by atomic mass is 32.2. The summed E-state index contributed by atoms with van der Waals surface area (Å²) < 4.78 is 2.06. The molecule has 1 saturated heterocycles. The number of aromatic carboxylic acids is 1. The highest BCUT2D eigenvalue weighted by molar-refractivity contribution is 8.27. The fraction of sp³-hybridized carbons (Fsp3) is 0.0667. The van der Waals surface area contributed by atoms with Crippen molar-refractivity contribution in [2.75, 3.05) is 4.90 Å². The average molecular weight is 345 g/mol. The van der Waals surface area contributed by atoms with E-state index in [4.69, 9.17) is 17.3 Å². The minimum Gasteiger partial charge on any atom is -0.478 e. The van der Waals surface area contributed by atoms with Crippen LogP contribution in [0.25, 0.3) is 6.08 Å². The van der Waals surface area contributed by atoms with E-state index in [-0.39, 0.29) is 11.5 Å². The van der Waals surface area contributed by atoms with E-state index in [1.165, 1.54) is 28.8 Å². The van der Waals surface area contributed by atoms with Crippen LogP contribution in [0.5, 0.6) is 0 Å². The van der Waals surface area contributed by atoms with Gasteiger partial charge in [0, 0.05) is 18.8 Å². The lowest BCUT2D eigenvalue weighted by molar-refractivity contribution is -0.113. The second kappa shape index (κ2) is 5.98. The van der Waals surface area contributed by atoms with Crippen LogP contribution < -0.4 is 4.90 Å². The van der Waals surface area contributed by atoms with Gasteiger partial charge in [0.1, 0.15) is 0 Å². The quantitative estimate of drug-likeness (QED) is 0.680. The van der Waals surface area contributed by atoms with Crippen LogP contribution in [0.2, 0.25) is 0 Å². The number of hydrogen-bond acceptors (Lipinski definition) is 5. The lowest BCUT2D eigenvalue weighted by Crippen LogP contribution is -2.27. The zero-order chi connectivity index (χ0) is 16.6. The van der Waals surface area contributed by atoms with Crippen LogP contribution in [0.4, 0.5) is 5.69 Å². The third-order valence-electron chi connectivity index (χ3n) is 3.19. The third-order valence-corrected chi connectivity index (χ3v) is 4.49. The number of aromatic nitrogens is 2. The van der Waals surface area contributed by atoms with Crippen LogP contribution in [0, 0.1) is 0 Å². The maximum Gasteiger partial charge on any atom is 0.335 e. The highest BCUT2D eigenvalue weighted by Crippen LogP contribution is 2.35.